The van der Waals surface area contributed by atoms with Gasteiger partial charge in [-0.15, -0.1) is 0 Å². The average molecular weight is 190 g/mol. The summed E-state index contributed by atoms with van der Waals surface area (Å²) in [7, 11) is 0.610. The zero-order valence-corrected chi connectivity index (χ0v) is 10.3. The first kappa shape index (κ1) is 12.1. The van der Waals surface area contributed by atoms with Gasteiger partial charge in [-0.1, -0.05) is 27.7 Å². The van der Waals surface area contributed by atoms with Crippen molar-refractivity contribution in [2.75, 3.05) is 7.11 Å². The van der Waals surface area contributed by atoms with Gasteiger partial charge >= 0.3 is 0 Å². The molecule has 0 spiro atoms. The smallest absolute Gasteiger partial charge is 0.185 e. The molecule has 0 aromatic heterocycles. The number of ether oxygens (including phenoxy) is 1. The van der Waals surface area contributed by atoms with E-state index >= 15 is 0 Å². The molecule has 74 valence electrons. The number of hydrogen-bond acceptors (Lipinski definition) is 2. The molecular formula is C9H22O2Si. The van der Waals surface area contributed by atoms with Crippen molar-refractivity contribution in [2.24, 2.45) is 0 Å². The van der Waals surface area contributed by atoms with Crippen LogP contribution in [0.3, 0.4) is 0 Å². The SMILES string of the molecule is COC(C)O[SiH](C(C)C)C(C)C. The van der Waals surface area contributed by atoms with Crippen molar-refractivity contribution in [3.63, 3.8) is 0 Å². The topological polar surface area (TPSA) is 18.5 Å². The molecule has 2 nitrogen and oxygen atoms in total. The van der Waals surface area contributed by atoms with Crippen molar-refractivity contribution in [3.8, 4) is 0 Å². The van der Waals surface area contributed by atoms with Gasteiger partial charge < -0.3 is 9.16 Å². The van der Waals surface area contributed by atoms with E-state index in [4.69, 9.17) is 9.16 Å². The van der Waals surface area contributed by atoms with Crippen molar-refractivity contribution in [1.82, 2.24) is 0 Å². The van der Waals surface area contributed by atoms with Crippen LogP contribution in [0, 0.1) is 0 Å². The average Bonchev–Trinajstić information content (AvgIpc) is 1.98. The van der Waals surface area contributed by atoms with E-state index in [-0.39, 0.29) is 6.29 Å². The Morgan fingerprint density at radius 3 is 1.58 bits per heavy atom. The first-order valence-corrected chi connectivity index (χ1v) is 6.47. The number of hydrogen-bond donors (Lipinski definition) is 0. The molecule has 0 rings (SSSR count). The van der Waals surface area contributed by atoms with Crippen LogP contribution in [0.1, 0.15) is 34.6 Å². The lowest BCUT2D eigenvalue weighted by molar-refractivity contribution is -0.0433. The Bertz CT molecular complexity index is 107. The monoisotopic (exact) mass is 190 g/mol. The molecule has 0 N–H and O–H groups in total. The molecule has 0 radical (unpaired) electrons. The third-order valence-electron chi connectivity index (χ3n) is 1.99. The van der Waals surface area contributed by atoms with Gasteiger partial charge in [0.05, 0.1) is 0 Å². The van der Waals surface area contributed by atoms with Crippen LogP contribution in [-0.2, 0) is 9.16 Å². The van der Waals surface area contributed by atoms with Gasteiger partial charge in [0.15, 0.2) is 9.04 Å². The van der Waals surface area contributed by atoms with Gasteiger partial charge in [-0.05, 0) is 18.0 Å². The summed E-state index contributed by atoms with van der Waals surface area (Å²) in [6.45, 7) is 10.9. The van der Waals surface area contributed by atoms with Crippen LogP contribution in [-0.4, -0.2) is 22.4 Å². The lowest BCUT2D eigenvalue weighted by atomic mass is 10.5. The van der Waals surface area contributed by atoms with Crippen LogP contribution < -0.4 is 0 Å². The van der Waals surface area contributed by atoms with E-state index in [1.54, 1.807) is 7.11 Å². The van der Waals surface area contributed by atoms with Crippen LogP contribution in [0.15, 0.2) is 0 Å². The van der Waals surface area contributed by atoms with E-state index in [1.165, 1.54) is 0 Å². The normalized spacial score (nSPS) is 14.8. The largest absolute Gasteiger partial charge is 0.395 e. The van der Waals surface area contributed by atoms with Crippen LogP contribution in [0.25, 0.3) is 0 Å². The summed E-state index contributed by atoms with van der Waals surface area (Å²) in [5, 5.41) is 0. The molecule has 0 amide bonds. The van der Waals surface area contributed by atoms with E-state index in [9.17, 15) is 0 Å². The maximum atomic E-state index is 5.84. The molecule has 0 saturated carbocycles. The van der Waals surface area contributed by atoms with E-state index in [0.29, 0.717) is 11.1 Å². The maximum Gasteiger partial charge on any atom is 0.185 e. The van der Waals surface area contributed by atoms with Gasteiger partial charge in [0.2, 0.25) is 0 Å². The van der Waals surface area contributed by atoms with E-state index in [0.717, 1.165) is 0 Å². The fraction of sp³-hybridized carbons (Fsp3) is 1.00. The molecule has 0 aliphatic rings. The molecule has 1 unspecified atom stereocenters. The Hall–Kier alpha value is 0.137. The second kappa shape index (κ2) is 5.73. The van der Waals surface area contributed by atoms with Crippen LogP contribution in [0.5, 0.6) is 0 Å². The van der Waals surface area contributed by atoms with Gasteiger partial charge in [-0.2, -0.15) is 0 Å². The lowest BCUT2D eigenvalue weighted by Crippen LogP contribution is -2.30. The second-order valence-electron chi connectivity index (χ2n) is 3.89. The number of methoxy groups -OCH3 is 1. The minimum absolute atomic E-state index is 0.0357. The molecule has 0 saturated heterocycles. The zero-order chi connectivity index (χ0) is 9.72. The molecule has 0 aromatic carbocycles. The van der Waals surface area contributed by atoms with Gasteiger partial charge in [0.1, 0.15) is 6.29 Å². The fourth-order valence-corrected chi connectivity index (χ4v) is 4.08. The summed E-state index contributed by atoms with van der Waals surface area (Å²) in [4.78, 5) is 0. The van der Waals surface area contributed by atoms with Crippen LogP contribution in [0.4, 0.5) is 0 Å². The van der Waals surface area contributed by atoms with E-state index in [2.05, 4.69) is 27.7 Å². The Morgan fingerprint density at radius 2 is 1.33 bits per heavy atom. The van der Waals surface area contributed by atoms with E-state index in [1.807, 2.05) is 6.92 Å². The fourth-order valence-electron chi connectivity index (χ4n) is 1.36. The highest BCUT2D eigenvalue weighted by atomic mass is 28.3. The van der Waals surface area contributed by atoms with Crippen molar-refractivity contribution in [2.45, 2.75) is 52.0 Å². The summed E-state index contributed by atoms with van der Waals surface area (Å²) < 4.78 is 10.9. The van der Waals surface area contributed by atoms with Gasteiger partial charge in [-0.25, -0.2) is 0 Å². The molecular weight excluding hydrogens is 168 g/mol. The molecule has 0 aliphatic carbocycles. The molecule has 0 aliphatic heterocycles. The lowest BCUT2D eigenvalue weighted by Gasteiger charge is -2.26. The van der Waals surface area contributed by atoms with Crippen molar-refractivity contribution in [3.05, 3.63) is 0 Å². The molecule has 0 bridgehead atoms. The van der Waals surface area contributed by atoms with Crippen molar-refractivity contribution in [1.29, 1.82) is 0 Å². The van der Waals surface area contributed by atoms with Gasteiger partial charge in [-0.3, -0.25) is 0 Å². The van der Waals surface area contributed by atoms with E-state index < -0.39 is 9.04 Å². The minimum Gasteiger partial charge on any atom is -0.395 e. The molecule has 1 atom stereocenters. The second-order valence-corrected chi connectivity index (χ2v) is 7.76. The molecule has 3 heteroatoms. The van der Waals surface area contributed by atoms with Crippen LogP contribution >= 0.6 is 0 Å². The maximum absolute atomic E-state index is 5.84. The summed E-state index contributed by atoms with van der Waals surface area (Å²) in [5.74, 6) is 0. The highest BCUT2D eigenvalue weighted by Crippen LogP contribution is 2.22. The Kier molecular flexibility index (Phi) is 5.79. The third kappa shape index (κ3) is 4.23. The molecule has 0 aromatic rings. The van der Waals surface area contributed by atoms with Crippen molar-refractivity contribution >= 4 is 9.04 Å². The van der Waals surface area contributed by atoms with Crippen LogP contribution in [0.2, 0.25) is 11.1 Å². The summed E-state index contributed by atoms with van der Waals surface area (Å²) in [5.41, 5.74) is 1.37. The predicted octanol–water partition coefficient (Wildman–Crippen LogP) is 2.54. The first-order valence-electron chi connectivity index (χ1n) is 4.67. The predicted molar refractivity (Wildman–Crippen MR) is 54.9 cm³/mol. The quantitative estimate of drug-likeness (QED) is 0.490. The Labute approximate surface area is 78.0 Å². The van der Waals surface area contributed by atoms with Crippen molar-refractivity contribution < 1.29 is 9.16 Å². The van der Waals surface area contributed by atoms with Gasteiger partial charge in [0, 0.05) is 7.11 Å². The highest BCUT2D eigenvalue weighted by molar-refractivity contribution is 6.55. The molecule has 0 heterocycles. The zero-order valence-electron chi connectivity index (χ0n) is 9.13. The molecule has 0 fully saturated rings. The molecule has 12 heavy (non-hydrogen) atoms. The first-order chi connectivity index (χ1) is 5.49. The summed E-state index contributed by atoms with van der Waals surface area (Å²) in [6, 6.07) is 0. The minimum atomic E-state index is -1.08. The highest BCUT2D eigenvalue weighted by Gasteiger charge is 2.22. The van der Waals surface area contributed by atoms with Gasteiger partial charge in [0.25, 0.3) is 0 Å². The standard InChI is InChI=1S/C9H22O2Si/c1-7(2)12(8(3)4)11-9(5)10-6/h7-9,12H,1-6H3. The summed E-state index contributed by atoms with van der Waals surface area (Å²) >= 11 is 0. The summed E-state index contributed by atoms with van der Waals surface area (Å²) in [6.07, 6.45) is -0.0357. The Morgan fingerprint density at radius 1 is 0.917 bits per heavy atom. The Balaban J connectivity index is 3.95. The third-order valence-corrected chi connectivity index (χ3v) is 5.32. The number of rotatable bonds is 5.